The molecule has 1 aromatic carbocycles. The molecule has 1 aromatic rings. The zero-order chi connectivity index (χ0) is 9.59. The first-order valence-corrected chi connectivity index (χ1v) is 4.06. The zero-order valence-electron chi connectivity index (χ0n) is 6.85. The highest BCUT2D eigenvalue weighted by Crippen LogP contribution is 2.36. The molecule has 0 radical (unpaired) electrons. The van der Waals surface area contributed by atoms with Crippen molar-refractivity contribution < 1.29 is 13.9 Å². The quantitative estimate of drug-likeness (QED) is 0.645. The molecule has 1 aliphatic rings. The van der Waals surface area contributed by atoms with Gasteiger partial charge in [0.25, 0.3) is 0 Å². The fourth-order valence-electron chi connectivity index (χ4n) is 1.75. The smallest absolute Gasteiger partial charge is 0.170 e. The highest BCUT2D eigenvalue weighted by Gasteiger charge is 2.27. The highest BCUT2D eigenvalue weighted by atomic mass is 19.1. The molecule has 0 aromatic heterocycles. The first kappa shape index (κ1) is 8.44. The summed E-state index contributed by atoms with van der Waals surface area (Å²) in [7, 11) is 0. The van der Waals surface area contributed by atoms with Gasteiger partial charge in [-0.25, -0.2) is 8.78 Å². The van der Waals surface area contributed by atoms with Gasteiger partial charge >= 0.3 is 0 Å². The van der Waals surface area contributed by atoms with Crippen LogP contribution in [0.5, 0.6) is 5.75 Å². The Morgan fingerprint density at radius 1 is 1.46 bits per heavy atom. The van der Waals surface area contributed by atoms with E-state index in [-0.39, 0.29) is 5.56 Å². The summed E-state index contributed by atoms with van der Waals surface area (Å²) in [6.07, 6.45) is 0.978. The molecule has 13 heavy (non-hydrogen) atoms. The number of phenols is 1. The van der Waals surface area contributed by atoms with Crippen molar-refractivity contribution in [3.63, 3.8) is 0 Å². The number of fused-ring (bicyclic) bond motifs is 1. The summed E-state index contributed by atoms with van der Waals surface area (Å²) in [6, 6.07) is 0.309. The van der Waals surface area contributed by atoms with Crippen LogP contribution >= 0.6 is 0 Å². The van der Waals surface area contributed by atoms with E-state index < -0.39 is 23.4 Å². The van der Waals surface area contributed by atoms with Crippen molar-refractivity contribution in [2.45, 2.75) is 18.9 Å². The molecule has 3 N–H and O–H groups in total. The fraction of sp³-hybridized carbons (Fsp3) is 0.333. The van der Waals surface area contributed by atoms with E-state index in [0.29, 0.717) is 18.4 Å². The molecule has 2 nitrogen and oxygen atoms in total. The highest BCUT2D eigenvalue weighted by molar-refractivity contribution is 5.42. The van der Waals surface area contributed by atoms with Crippen molar-refractivity contribution in [2.24, 2.45) is 5.73 Å². The van der Waals surface area contributed by atoms with Gasteiger partial charge in [-0.05, 0) is 18.4 Å². The first-order valence-electron chi connectivity index (χ1n) is 4.06. The normalized spacial score (nSPS) is 20.4. The van der Waals surface area contributed by atoms with Gasteiger partial charge in [-0.2, -0.15) is 0 Å². The number of aromatic hydroxyl groups is 1. The molecule has 1 aliphatic carbocycles. The van der Waals surface area contributed by atoms with Crippen LogP contribution in [0.4, 0.5) is 8.78 Å². The van der Waals surface area contributed by atoms with Gasteiger partial charge in [0.05, 0.1) is 0 Å². The Kier molecular flexibility index (Phi) is 1.73. The van der Waals surface area contributed by atoms with E-state index in [9.17, 15) is 8.78 Å². The topological polar surface area (TPSA) is 46.2 Å². The van der Waals surface area contributed by atoms with Crippen LogP contribution in [0, 0.1) is 11.6 Å². The molecular formula is C9H9F2NO. The summed E-state index contributed by atoms with van der Waals surface area (Å²) in [5.74, 6) is -2.00. The Bertz CT molecular complexity index is 365. The largest absolute Gasteiger partial charge is 0.505 e. The van der Waals surface area contributed by atoms with E-state index in [4.69, 9.17) is 10.8 Å². The van der Waals surface area contributed by atoms with E-state index in [2.05, 4.69) is 0 Å². The first-order chi connectivity index (χ1) is 6.11. The zero-order valence-corrected chi connectivity index (χ0v) is 6.85. The van der Waals surface area contributed by atoms with Crippen molar-refractivity contribution in [1.82, 2.24) is 0 Å². The van der Waals surface area contributed by atoms with E-state index in [1.54, 1.807) is 0 Å². The Morgan fingerprint density at radius 3 is 2.85 bits per heavy atom. The maximum absolute atomic E-state index is 13.2. The van der Waals surface area contributed by atoms with Crippen LogP contribution in [0.1, 0.15) is 23.6 Å². The van der Waals surface area contributed by atoms with Crippen molar-refractivity contribution in [2.75, 3.05) is 0 Å². The monoisotopic (exact) mass is 185 g/mol. The predicted octanol–water partition coefficient (Wildman–Crippen LogP) is 1.62. The number of rotatable bonds is 0. The van der Waals surface area contributed by atoms with Crippen LogP contribution in [0.3, 0.4) is 0 Å². The van der Waals surface area contributed by atoms with Crippen LogP contribution in [-0.2, 0) is 6.42 Å². The van der Waals surface area contributed by atoms with Crippen molar-refractivity contribution in [1.29, 1.82) is 0 Å². The van der Waals surface area contributed by atoms with Crippen LogP contribution < -0.4 is 5.73 Å². The van der Waals surface area contributed by atoms with E-state index in [0.717, 1.165) is 6.07 Å². The number of hydrogen-bond donors (Lipinski definition) is 2. The third kappa shape index (κ3) is 1.09. The third-order valence-corrected chi connectivity index (χ3v) is 2.41. The molecule has 0 spiro atoms. The summed E-state index contributed by atoms with van der Waals surface area (Å²) >= 11 is 0. The summed E-state index contributed by atoms with van der Waals surface area (Å²) < 4.78 is 26.4. The minimum Gasteiger partial charge on any atom is -0.505 e. The molecule has 0 heterocycles. The molecule has 4 heteroatoms. The summed E-state index contributed by atoms with van der Waals surface area (Å²) in [5, 5.41) is 9.01. The maximum atomic E-state index is 13.2. The lowest BCUT2D eigenvalue weighted by Gasteiger charge is -2.07. The minimum absolute atomic E-state index is 0.137. The van der Waals surface area contributed by atoms with Crippen LogP contribution in [0.25, 0.3) is 0 Å². The van der Waals surface area contributed by atoms with E-state index in [1.165, 1.54) is 0 Å². The van der Waals surface area contributed by atoms with Crippen molar-refractivity contribution in [3.05, 3.63) is 28.8 Å². The molecule has 0 saturated heterocycles. The molecule has 0 unspecified atom stereocenters. The summed E-state index contributed by atoms with van der Waals surface area (Å²) in [5.41, 5.74) is 6.01. The molecule has 0 fully saturated rings. The molecule has 0 aliphatic heterocycles. The maximum Gasteiger partial charge on any atom is 0.170 e. The van der Waals surface area contributed by atoms with Gasteiger partial charge in [-0.15, -0.1) is 0 Å². The Balaban J connectivity index is 2.70. The van der Waals surface area contributed by atoms with Crippen LogP contribution in [-0.4, -0.2) is 5.11 Å². The minimum atomic E-state index is -0.776. The number of nitrogens with two attached hydrogens (primary N) is 1. The summed E-state index contributed by atoms with van der Waals surface area (Å²) in [4.78, 5) is 0. The van der Waals surface area contributed by atoms with Gasteiger partial charge in [-0.3, -0.25) is 0 Å². The lowest BCUT2D eigenvalue weighted by Crippen LogP contribution is -2.08. The molecule has 0 amide bonds. The number of hydrogen-bond acceptors (Lipinski definition) is 2. The molecule has 2 rings (SSSR count). The Morgan fingerprint density at radius 2 is 2.15 bits per heavy atom. The van der Waals surface area contributed by atoms with Crippen molar-refractivity contribution in [3.8, 4) is 5.75 Å². The predicted molar refractivity (Wildman–Crippen MR) is 43.3 cm³/mol. The Labute approximate surface area is 74.0 Å². The lowest BCUT2D eigenvalue weighted by atomic mass is 10.1. The van der Waals surface area contributed by atoms with Gasteiger partial charge < -0.3 is 10.8 Å². The van der Waals surface area contributed by atoms with E-state index in [1.807, 2.05) is 0 Å². The van der Waals surface area contributed by atoms with Gasteiger partial charge in [0.2, 0.25) is 0 Å². The Hall–Kier alpha value is -1.16. The second-order valence-electron chi connectivity index (χ2n) is 3.23. The van der Waals surface area contributed by atoms with Crippen LogP contribution in [0.2, 0.25) is 0 Å². The molecular weight excluding hydrogens is 176 g/mol. The second kappa shape index (κ2) is 2.67. The lowest BCUT2D eigenvalue weighted by molar-refractivity contribution is 0.420. The van der Waals surface area contributed by atoms with Crippen LogP contribution in [0.15, 0.2) is 6.07 Å². The fourth-order valence-corrected chi connectivity index (χ4v) is 1.75. The number of phenolic OH excluding ortho intramolecular Hbond substituents is 1. The second-order valence-corrected chi connectivity index (χ2v) is 3.23. The SMILES string of the molecule is N[C@@H]1CCc2c(F)cc(O)c(F)c21. The summed E-state index contributed by atoms with van der Waals surface area (Å²) in [6.45, 7) is 0. The molecule has 0 bridgehead atoms. The van der Waals surface area contributed by atoms with Gasteiger partial charge in [0.1, 0.15) is 5.82 Å². The van der Waals surface area contributed by atoms with Gasteiger partial charge in [0.15, 0.2) is 11.6 Å². The molecule has 0 saturated carbocycles. The molecule has 1 atom stereocenters. The van der Waals surface area contributed by atoms with Crippen molar-refractivity contribution >= 4 is 0 Å². The number of benzene rings is 1. The van der Waals surface area contributed by atoms with Gasteiger partial charge in [-0.1, -0.05) is 0 Å². The van der Waals surface area contributed by atoms with E-state index >= 15 is 0 Å². The average Bonchev–Trinajstić information content (AvgIpc) is 2.44. The standard InChI is InChI=1S/C9H9F2NO/c10-5-3-7(13)9(11)8-4(5)1-2-6(8)12/h3,6,13H,1-2,12H2/t6-/m1/s1. The molecule has 70 valence electrons. The van der Waals surface area contributed by atoms with Gasteiger partial charge in [0, 0.05) is 17.7 Å². The third-order valence-electron chi connectivity index (χ3n) is 2.41. The number of halogens is 2. The average molecular weight is 185 g/mol.